The van der Waals surface area contributed by atoms with Crippen molar-refractivity contribution in [2.75, 3.05) is 11.9 Å². The third-order valence-electron chi connectivity index (χ3n) is 4.00. The predicted molar refractivity (Wildman–Crippen MR) is 95.2 cm³/mol. The van der Waals surface area contributed by atoms with Crippen molar-refractivity contribution in [3.05, 3.63) is 71.4 Å². The molecule has 2 amide bonds. The fourth-order valence-electron chi connectivity index (χ4n) is 2.77. The first kappa shape index (κ1) is 16.0. The van der Waals surface area contributed by atoms with Gasteiger partial charge in [-0.05, 0) is 31.0 Å². The van der Waals surface area contributed by atoms with Crippen LogP contribution in [0.5, 0.6) is 0 Å². The van der Waals surface area contributed by atoms with Crippen LogP contribution >= 0.6 is 0 Å². The minimum atomic E-state index is -0.263. The van der Waals surface area contributed by atoms with Gasteiger partial charge in [-0.25, -0.2) is 0 Å². The molecular formula is C20H20N2O2. The van der Waals surface area contributed by atoms with E-state index in [0.717, 1.165) is 23.2 Å². The predicted octanol–water partition coefficient (Wildman–Crippen LogP) is 3.60. The SMILES string of the molecule is CCCN1C(=O)C(Nc2ccc(C)cc2)=C(c2ccccc2)C1=O. The second-order valence-electron chi connectivity index (χ2n) is 5.87. The summed E-state index contributed by atoms with van der Waals surface area (Å²) in [5, 5.41) is 3.15. The van der Waals surface area contributed by atoms with E-state index in [1.165, 1.54) is 4.90 Å². The van der Waals surface area contributed by atoms with Crippen molar-refractivity contribution < 1.29 is 9.59 Å². The summed E-state index contributed by atoms with van der Waals surface area (Å²) >= 11 is 0. The molecule has 0 saturated carbocycles. The van der Waals surface area contributed by atoms with Crippen LogP contribution in [0.4, 0.5) is 5.69 Å². The molecule has 0 spiro atoms. The van der Waals surface area contributed by atoms with Crippen LogP contribution in [0.2, 0.25) is 0 Å². The minimum absolute atomic E-state index is 0.234. The molecule has 0 saturated heterocycles. The molecule has 1 N–H and O–H groups in total. The molecule has 122 valence electrons. The van der Waals surface area contributed by atoms with Gasteiger partial charge < -0.3 is 5.32 Å². The monoisotopic (exact) mass is 320 g/mol. The van der Waals surface area contributed by atoms with Crippen molar-refractivity contribution in [3.8, 4) is 0 Å². The number of imide groups is 1. The number of nitrogens with zero attached hydrogens (tertiary/aromatic N) is 1. The summed E-state index contributed by atoms with van der Waals surface area (Å²) in [5.41, 5.74) is 3.48. The van der Waals surface area contributed by atoms with Crippen LogP contribution in [0, 0.1) is 6.92 Å². The van der Waals surface area contributed by atoms with Crippen LogP contribution in [0.1, 0.15) is 24.5 Å². The molecule has 0 unspecified atom stereocenters. The second kappa shape index (κ2) is 6.71. The zero-order chi connectivity index (χ0) is 17.1. The zero-order valence-corrected chi connectivity index (χ0v) is 13.9. The average Bonchev–Trinajstić information content (AvgIpc) is 2.82. The molecule has 0 atom stereocenters. The van der Waals surface area contributed by atoms with Gasteiger partial charge in [0.2, 0.25) is 0 Å². The van der Waals surface area contributed by atoms with Gasteiger partial charge in [0.1, 0.15) is 5.70 Å². The molecular weight excluding hydrogens is 300 g/mol. The lowest BCUT2D eigenvalue weighted by atomic mass is 10.0. The fraction of sp³-hybridized carbons (Fsp3) is 0.200. The molecule has 4 nitrogen and oxygen atoms in total. The first-order valence-corrected chi connectivity index (χ1v) is 8.11. The highest BCUT2D eigenvalue weighted by Crippen LogP contribution is 2.30. The molecule has 0 aromatic heterocycles. The Hall–Kier alpha value is -2.88. The van der Waals surface area contributed by atoms with Crippen molar-refractivity contribution in [2.24, 2.45) is 0 Å². The van der Waals surface area contributed by atoms with E-state index in [9.17, 15) is 9.59 Å². The van der Waals surface area contributed by atoms with Gasteiger partial charge in [-0.2, -0.15) is 0 Å². The van der Waals surface area contributed by atoms with Crippen molar-refractivity contribution in [1.82, 2.24) is 4.90 Å². The topological polar surface area (TPSA) is 49.4 Å². The lowest BCUT2D eigenvalue weighted by Gasteiger charge is -2.13. The minimum Gasteiger partial charge on any atom is -0.350 e. The molecule has 0 aliphatic carbocycles. The first-order chi connectivity index (χ1) is 11.6. The molecule has 0 radical (unpaired) electrons. The lowest BCUT2D eigenvalue weighted by molar-refractivity contribution is -0.136. The number of hydrogen-bond acceptors (Lipinski definition) is 3. The van der Waals surface area contributed by atoms with E-state index in [1.54, 1.807) is 0 Å². The molecule has 1 aliphatic rings. The van der Waals surface area contributed by atoms with Gasteiger partial charge in [-0.3, -0.25) is 14.5 Å². The Morgan fingerprint density at radius 1 is 0.917 bits per heavy atom. The van der Waals surface area contributed by atoms with Gasteiger partial charge in [-0.1, -0.05) is 55.0 Å². The van der Waals surface area contributed by atoms with E-state index in [2.05, 4.69) is 5.32 Å². The quantitative estimate of drug-likeness (QED) is 0.856. The van der Waals surface area contributed by atoms with Crippen molar-refractivity contribution in [1.29, 1.82) is 0 Å². The number of aryl methyl sites for hydroxylation is 1. The Morgan fingerprint density at radius 3 is 2.21 bits per heavy atom. The summed E-state index contributed by atoms with van der Waals surface area (Å²) < 4.78 is 0. The number of amides is 2. The van der Waals surface area contributed by atoms with Crippen molar-refractivity contribution >= 4 is 23.1 Å². The average molecular weight is 320 g/mol. The molecule has 1 aliphatic heterocycles. The summed E-state index contributed by atoms with van der Waals surface area (Å²) in [6, 6.07) is 17.1. The van der Waals surface area contributed by atoms with E-state index in [4.69, 9.17) is 0 Å². The van der Waals surface area contributed by atoms with Crippen LogP contribution in [-0.4, -0.2) is 23.3 Å². The Kier molecular flexibility index (Phi) is 4.47. The molecule has 0 bridgehead atoms. The Bertz CT molecular complexity index is 792. The largest absolute Gasteiger partial charge is 0.350 e. The Morgan fingerprint density at radius 2 is 1.58 bits per heavy atom. The Labute approximate surface area is 141 Å². The van der Waals surface area contributed by atoms with E-state index >= 15 is 0 Å². The van der Waals surface area contributed by atoms with Gasteiger partial charge in [0.15, 0.2) is 0 Å². The molecule has 0 fully saturated rings. The number of anilines is 1. The standard InChI is InChI=1S/C20H20N2O2/c1-3-13-22-19(23)17(15-7-5-4-6-8-15)18(20(22)24)21-16-11-9-14(2)10-12-16/h4-12,21H,3,13H2,1-2H3. The number of benzene rings is 2. The first-order valence-electron chi connectivity index (χ1n) is 8.11. The van der Waals surface area contributed by atoms with Gasteiger partial charge in [0.25, 0.3) is 11.8 Å². The van der Waals surface area contributed by atoms with Gasteiger partial charge in [0.05, 0.1) is 5.57 Å². The highest BCUT2D eigenvalue weighted by molar-refractivity contribution is 6.36. The maximum Gasteiger partial charge on any atom is 0.278 e. The van der Waals surface area contributed by atoms with E-state index in [1.807, 2.05) is 68.4 Å². The highest BCUT2D eigenvalue weighted by Gasteiger charge is 2.38. The summed E-state index contributed by atoms with van der Waals surface area (Å²) in [4.78, 5) is 26.8. The van der Waals surface area contributed by atoms with Crippen LogP contribution in [-0.2, 0) is 9.59 Å². The fourth-order valence-corrected chi connectivity index (χ4v) is 2.77. The number of carbonyl (C=O) groups excluding carboxylic acids is 2. The van der Waals surface area contributed by atoms with E-state index in [0.29, 0.717) is 17.8 Å². The molecule has 3 rings (SSSR count). The van der Waals surface area contributed by atoms with E-state index < -0.39 is 0 Å². The number of carbonyl (C=O) groups is 2. The van der Waals surface area contributed by atoms with Crippen LogP contribution < -0.4 is 5.32 Å². The maximum atomic E-state index is 12.8. The van der Waals surface area contributed by atoms with Crippen molar-refractivity contribution in [2.45, 2.75) is 20.3 Å². The molecule has 2 aromatic rings. The van der Waals surface area contributed by atoms with Gasteiger partial charge in [-0.15, -0.1) is 0 Å². The number of hydrogen-bond donors (Lipinski definition) is 1. The molecule has 4 heteroatoms. The summed E-state index contributed by atoms with van der Waals surface area (Å²) in [7, 11) is 0. The third kappa shape index (κ3) is 2.95. The Balaban J connectivity index is 2.04. The van der Waals surface area contributed by atoms with Gasteiger partial charge in [0, 0.05) is 12.2 Å². The number of nitrogens with one attached hydrogen (secondary N) is 1. The molecule has 1 heterocycles. The third-order valence-corrected chi connectivity index (χ3v) is 4.00. The maximum absolute atomic E-state index is 12.8. The zero-order valence-electron chi connectivity index (χ0n) is 13.9. The number of rotatable bonds is 5. The van der Waals surface area contributed by atoms with Crippen LogP contribution in [0.15, 0.2) is 60.3 Å². The highest BCUT2D eigenvalue weighted by atomic mass is 16.2. The summed E-state index contributed by atoms with van der Waals surface area (Å²) in [6.45, 7) is 4.38. The second-order valence-corrected chi connectivity index (χ2v) is 5.87. The summed E-state index contributed by atoms with van der Waals surface area (Å²) in [6.07, 6.45) is 0.733. The van der Waals surface area contributed by atoms with Crippen LogP contribution in [0.25, 0.3) is 5.57 Å². The normalized spacial score (nSPS) is 14.5. The molecule has 24 heavy (non-hydrogen) atoms. The van der Waals surface area contributed by atoms with Crippen LogP contribution in [0.3, 0.4) is 0 Å². The van der Waals surface area contributed by atoms with Crippen molar-refractivity contribution in [3.63, 3.8) is 0 Å². The summed E-state index contributed by atoms with van der Waals surface area (Å²) in [5.74, 6) is -0.496. The lowest BCUT2D eigenvalue weighted by Crippen LogP contribution is -2.33. The van der Waals surface area contributed by atoms with Gasteiger partial charge >= 0.3 is 0 Å². The molecule has 2 aromatic carbocycles. The smallest absolute Gasteiger partial charge is 0.278 e. The van der Waals surface area contributed by atoms with E-state index in [-0.39, 0.29) is 11.8 Å².